The summed E-state index contributed by atoms with van der Waals surface area (Å²) in [6, 6.07) is 13.0. The second kappa shape index (κ2) is 10.5. The zero-order valence-electron chi connectivity index (χ0n) is 20.1. The molecule has 0 saturated carbocycles. The number of carbonyl (C=O) groups excluding carboxylic acids is 3. The molecule has 0 aliphatic carbocycles. The predicted molar refractivity (Wildman–Crippen MR) is 128 cm³/mol. The number of aryl methyl sites for hydroxylation is 1. The third-order valence-corrected chi connectivity index (χ3v) is 6.23. The highest BCUT2D eigenvalue weighted by molar-refractivity contribution is 6.01. The lowest BCUT2D eigenvalue weighted by Crippen LogP contribution is -2.35. The van der Waals surface area contributed by atoms with Crippen LogP contribution in [0.4, 0.5) is 5.69 Å². The van der Waals surface area contributed by atoms with Crippen molar-refractivity contribution in [2.45, 2.75) is 39.7 Å². The van der Waals surface area contributed by atoms with E-state index < -0.39 is 5.92 Å². The summed E-state index contributed by atoms with van der Waals surface area (Å²) in [5.74, 6) is -0.183. The number of amides is 3. The molecule has 0 spiro atoms. The van der Waals surface area contributed by atoms with Gasteiger partial charge in [-0.2, -0.15) is 0 Å². The molecule has 1 saturated heterocycles. The minimum atomic E-state index is -0.421. The van der Waals surface area contributed by atoms with Gasteiger partial charge < -0.3 is 19.9 Å². The van der Waals surface area contributed by atoms with E-state index in [2.05, 4.69) is 5.32 Å². The SMILES string of the molecule is CCC(NC(=O)C1CC(=O)N(c2cccc(C)c2C)C1)c1ccccc1OCC(=O)N(C)C. The Hall–Kier alpha value is -3.35. The molecule has 0 radical (unpaired) electrons. The first kappa shape index (κ1) is 24.3. The molecule has 2 unspecified atom stereocenters. The average molecular weight is 452 g/mol. The lowest BCUT2D eigenvalue weighted by molar-refractivity contribution is -0.131. The maximum absolute atomic E-state index is 13.1. The Labute approximate surface area is 195 Å². The fourth-order valence-electron chi connectivity index (χ4n) is 4.00. The molecule has 1 heterocycles. The number of nitrogens with one attached hydrogen (secondary N) is 1. The molecule has 7 heteroatoms. The standard InChI is InChI=1S/C26H33N3O4/c1-6-21(20-11-7-8-13-23(20)33-16-25(31)28(4)5)27-26(32)19-14-24(30)29(15-19)22-12-9-10-17(2)18(22)3/h7-13,19,21H,6,14-16H2,1-5H3,(H,27,32). The quantitative estimate of drug-likeness (QED) is 0.667. The number of hydrogen-bond donors (Lipinski definition) is 1. The van der Waals surface area contributed by atoms with Crippen LogP contribution in [0.3, 0.4) is 0 Å². The van der Waals surface area contributed by atoms with Crippen molar-refractivity contribution in [3.8, 4) is 5.75 Å². The Balaban J connectivity index is 1.71. The molecule has 1 aliphatic rings. The van der Waals surface area contributed by atoms with Crippen molar-refractivity contribution in [3.63, 3.8) is 0 Å². The maximum Gasteiger partial charge on any atom is 0.259 e. The fourth-order valence-corrected chi connectivity index (χ4v) is 4.00. The van der Waals surface area contributed by atoms with Gasteiger partial charge in [0, 0.05) is 38.3 Å². The number of anilines is 1. The summed E-state index contributed by atoms with van der Waals surface area (Å²) in [7, 11) is 3.36. The lowest BCUT2D eigenvalue weighted by Gasteiger charge is -2.23. The van der Waals surface area contributed by atoms with E-state index in [1.165, 1.54) is 4.90 Å². The molecule has 7 nitrogen and oxygen atoms in total. The zero-order valence-corrected chi connectivity index (χ0v) is 20.1. The van der Waals surface area contributed by atoms with Crippen molar-refractivity contribution in [1.29, 1.82) is 0 Å². The summed E-state index contributed by atoms with van der Waals surface area (Å²) < 4.78 is 5.76. The number of carbonyl (C=O) groups is 3. The van der Waals surface area contributed by atoms with E-state index in [4.69, 9.17) is 4.74 Å². The van der Waals surface area contributed by atoms with E-state index in [0.717, 1.165) is 22.4 Å². The molecule has 0 bridgehead atoms. The maximum atomic E-state index is 13.1. The number of likely N-dealkylation sites (N-methyl/N-ethyl adjacent to an activating group) is 1. The van der Waals surface area contributed by atoms with Gasteiger partial charge in [0.05, 0.1) is 12.0 Å². The van der Waals surface area contributed by atoms with E-state index in [1.807, 2.05) is 57.2 Å². The molecule has 1 aliphatic heterocycles. The second-order valence-electron chi connectivity index (χ2n) is 8.71. The first-order chi connectivity index (χ1) is 15.7. The Morgan fingerprint density at radius 2 is 1.88 bits per heavy atom. The Kier molecular flexibility index (Phi) is 7.74. The number of ether oxygens (including phenoxy) is 1. The molecule has 1 N–H and O–H groups in total. The van der Waals surface area contributed by atoms with Gasteiger partial charge in [0.2, 0.25) is 11.8 Å². The van der Waals surface area contributed by atoms with E-state index in [-0.39, 0.29) is 36.8 Å². The van der Waals surface area contributed by atoms with Gasteiger partial charge in [0.15, 0.2) is 6.61 Å². The van der Waals surface area contributed by atoms with Gasteiger partial charge in [-0.25, -0.2) is 0 Å². The van der Waals surface area contributed by atoms with Crippen LogP contribution in [-0.2, 0) is 14.4 Å². The van der Waals surface area contributed by atoms with Crippen LogP contribution in [0.1, 0.15) is 42.5 Å². The van der Waals surface area contributed by atoms with Crippen LogP contribution in [0.2, 0.25) is 0 Å². The van der Waals surface area contributed by atoms with Crippen LogP contribution in [0, 0.1) is 19.8 Å². The monoisotopic (exact) mass is 451 g/mol. The molecule has 2 aromatic carbocycles. The summed E-state index contributed by atoms with van der Waals surface area (Å²) in [5.41, 5.74) is 3.85. The van der Waals surface area contributed by atoms with Crippen LogP contribution in [0.5, 0.6) is 5.75 Å². The van der Waals surface area contributed by atoms with Crippen LogP contribution in [0.15, 0.2) is 42.5 Å². The zero-order chi connectivity index (χ0) is 24.1. The molecule has 3 rings (SSSR count). The Morgan fingerprint density at radius 1 is 1.15 bits per heavy atom. The highest BCUT2D eigenvalue weighted by Gasteiger charge is 2.36. The Bertz CT molecular complexity index is 1030. The van der Waals surface area contributed by atoms with Gasteiger partial charge in [-0.3, -0.25) is 14.4 Å². The summed E-state index contributed by atoms with van der Waals surface area (Å²) in [6.45, 7) is 6.28. The van der Waals surface area contributed by atoms with Gasteiger partial charge in [-0.15, -0.1) is 0 Å². The summed E-state index contributed by atoms with van der Waals surface area (Å²) in [4.78, 5) is 41.0. The molecule has 2 aromatic rings. The number of para-hydroxylation sites is 1. The molecule has 2 atom stereocenters. The fraction of sp³-hybridized carbons (Fsp3) is 0.423. The summed E-state index contributed by atoms with van der Waals surface area (Å²) >= 11 is 0. The van der Waals surface area contributed by atoms with Crippen molar-refractivity contribution in [2.24, 2.45) is 5.92 Å². The van der Waals surface area contributed by atoms with Crippen LogP contribution in [-0.4, -0.2) is 49.9 Å². The van der Waals surface area contributed by atoms with Gasteiger partial charge in [-0.05, 0) is 43.5 Å². The van der Waals surface area contributed by atoms with Gasteiger partial charge in [-0.1, -0.05) is 37.3 Å². The normalized spacial score (nSPS) is 16.5. The van der Waals surface area contributed by atoms with Crippen LogP contribution < -0.4 is 15.0 Å². The number of rotatable bonds is 8. The molecule has 1 fully saturated rings. The van der Waals surface area contributed by atoms with Crippen molar-refractivity contribution in [2.75, 3.05) is 32.1 Å². The third kappa shape index (κ3) is 5.53. The molecule has 176 valence electrons. The highest BCUT2D eigenvalue weighted by atomic mass is 16.5. The van der Waals surface area contributed by atoms with Gasteiger partial charge in [0.25, 0.3) is 5.91 Å². The predicted octanol–water partition coefficient (Wildman–Crippen LogP) is 3.39. The van der Waals surface area contributed by atoms with Crippen molar-refractivity contribution in [3.05, 3.63) is 59.2 Å². The van der Waals surface area contributed by atoms with E-state index >= 15 is 0 Å². The van der Waals surface area contributed by atoms with Crippen molar-refractivity contribution in [1.82, 2.24) is 10.2 Å². The first-order valence-corrected chi connectivity index (χ1v) is 11.3. The van der Waals surface area contributed by atoms with Crippen molar-refractivity contribution < 1.29 is 19.1 Å². The summed E-state index contributed by atoms with van der Waals surface area (Å²) in [5, 5.41) is 3.10. The van der Waals surface area contributed by atoms with E-state index in [9.17, 15) is 14.4 Å². The van der Waals surface area contributed by atoms with Gasteiger partial charge in [0.1, 0.15) is 5.75 Å². The van der Waals surface area contributed by atoms with E-state index in [0.29, 0.717) is 18.7 Å². The van der Waals surface area contributed by atoms with E-state index in [1.54, 1.807) is 25.1 Å². The number of nitrogens with zero attached hydrogens (tertiary/aromatic N) is 2. The Morgan fingerprint density at radius 3 is 2.58 bits per heavy atom. The minimum absolute atomic E-state index is 0.0390. The molecular weight excluding hydrogens is 418 g/mol. The largest absolute Gasteiger partial charge is 0.483 e. The smallest absolute Gasteiger partial charge is 0.259 e. The molecule has 3 amide bonds. The number of benzene rings is 2. The molecule has 0 aromatic heterocycles. The minimum Gasteiger partial charge on any atom is -0.483 e. The van der Waals surface area contributed by atoms with Crippen molar-refractivity contribution >= 4 is 23.4 Å². The topological polar surface area (TPSA) is 79.0 Å². The second-order valence-corrected chi connectivity index (χ2v) is 8.71. The molecular formula is C26H33N3O4. The number of hydrogen-bond acceptors (Lipinski definition) is 4. The average Bonchev–Trinajstić information content (AvgIpc) is 3.19. The lowest BCUT2D eigenvalue weighted by atomic mass is 10.0. The summed E-state index contributed by atoms with van der Waals surface area (Å²) in [6.07, 6.45) is 0.834. The van der Waals surface area contributed by atoms with Crippen LogP contribution >= 0.6 is 0 Å². The molecule has 33 heavy (non-hydrogen) atoms. The van der Waals surface area contributed by atoms with Gasteiger partial charge >= 0.3 is 0 Å². The van der Waals surface area contributed by atoms with Crippen LogP contribution in [0.25, 0.3) is 0 Å². The highest BCUT2D eigenvalue weighted by Crippen LogP contribution is 2.31. The third-order valence-electron chi connectivity index (χ3n) is 6.23. The first-order valence-electron chi connectivity index (χ1n) is 11.3.